The molecule has 0 fully saturated rings. The highest BCUT2D eigenvalue weighted by atomic mass is 16.1. The quantitative estimate of drug-likeness (QED) is 0.755. The Kier molecular flexibility index (Phi) is 7.19. The van der Waals surface area contributed by atoms with Gasteiger partial charge in [0, 0.05) is 18.2 Å². The lowest BCUT2D eigenvalue weighted by molar-refractivity contribution is 0.0932. The van der Waals surface area contributed by atoms with Gasteiger partial charge < -0.3 is 11.1 Å². The van der Waals surface area contributed by atoms with Gasteiger partial charge >= 0.3 is 0 Å². The van der Waals surface area contributed by atoms with Crippen molar-refractivity contribution in [1.29, 1.82) is 0 Å². The third-order valence-corrected chi connectivity index (χ3v) is 3.33. The van der Waals surface area contributed by atoms with E-state index in [-0.39, 0.29) is 5.91 Å². The summed E-state index contributed by atoms with van der Waals surface area (Å²) in [6, 6.07) is 7.82. The van der Waals surface area contributed by atoms with E-state index in [0.29, 0.717) is 12.6 Å². The Balaban J connectivity index is 2.58. The van der Waals surface area contributed by atoms with Crippen LogP contribution in [0.5, 0.6) is 0 Å². The van der Waals surface area contributed by atoms with Gasteiger partial charge in [0.15, 0.2) is 0 Å². The molecule has 3 heteroatoms. The zero-order valence-electron chi connectivity index (χ0n) is 12.1. The Morgan fingerprint density at radius 3 is 2.37 bits per heavy atom. The minimum absolute atomic E-state index is 0.0260. The van der Waals surface area contributed by atoms with Crippen molar-refractivity contribution >= 4 is 5.91 Å². The number of hydrogen-bond acceptors (Lipinski definition) is 2. The SMILES string of the molecule is CCCCC(CCC)NC(=O)c1ccc(CN)cc1. The average Bonchev–Trinajstić information content (AvgIpc) is 2.45. The van der Waals surface area contributed by atoms with Crippen LogP contribution in [0.25, 0.3) is 0 Å². The van der Waals surface area contributed by atoms with Gasteiger partial charge in [0.1, 0.15) is 0 Å². The number of rotatable bonds is 8. The van der Waals surface area contributed by atoms with Crippen LogP contribution >= 0.6 is 0 Å². The van der Waals surface area contributed by atoms with Gasteiger partial charge in [-0.05, 0) is 30.5 Å². The fraction of sp³-hybridized carbons (Fsp3) is 0.562. The van der Waals surface area contributed by atoms with Crippen LogP contribution in [0.15, 0.2) is 24.3 Å². The third kappa shape index (κ3) is 5.43. The van der Waals surface area contributed by atoms with Gasteiger partial charge in [-0.1, -0.05) is 45.2 Å². The zero-order valence-corrected chi connectivity index (χ0v) is 12.1. The molecule has 0 bridgehead atoms. The summed E-state index contributed by atoms with van der Waals surface area (Å²) >= 11 is 0. The summed E-state index contributed by atoms with van der Waals surface area (Å²) in [6.07, 6.45) is 5.54. The van der Waals surface area contributed by atoms with Crippen LogP contribution in [0.1, 0.15) is 61.9 Å². The molecule has 106 valence electrons. The summed E-state index contributed by atoms with van der Waals surface area (Å²) in [5.41, 5.74) is 7.32. The predicted molar refractivity (Wildman–Crippen MR) is 80.0 cm³/mol. The summed E-state index contributed by atoms with van der Waals surface area (Å²) in [5.74, 6) is 0.0260. The monoisotopic (exact) mass is 262 g/mol. The van der Waals surface area contributed by atoms with Crippen LogP contribution < -0.4 is 11.1 Å². The van der Waals surface area contributed by atoms with E-state index in [9.17, 15) is 4.79 Å². The molecule has 0 heterocycles. The minimum atomic E-state index is 0.0260. The lowest BCUT2D eigenvalue weighted by Gasteiger charge is -2.18. The molecule has 0 saturated heterocycles. The first kappa shape index (κ1) is 15.7. The highest BCUT2D eigenvalue weighted by Gasteiger charge is 2.12. The van der Waals surface area contributed by atoms with Crippen molar-refractivity contribution in [2.75, 3.05) is 0 Å². The number of nitrogens with one attached hydrogen (secondary N) is 1. The van der Waals surface area contributed by atoms with Crippen molar-refractivity contribution in [3.8, 4) is 0 Å². The van der Waals surface area contributed by atoms with Crippen LogP contribution in [-0.4, -0.2) is 11.9 Å². The predicted octanol–water partition coefficient (Wildman–Crippen LogP) is 3.23. The maximum absolute atomic E-state index is 12.2. The fourth-order valence-corrected chi connectivity index (χ4v) is 2.15. The van der Waals surface area contributed by atoms with Gasteiger partial charge in [0.2, 0.25) is 0 Å². The molecule has 1 aromatic rings. The number of carbonyl (C=O) groups excluding carboxylic acids is 1. The summed E-state index contributed by atoms with van der Waals surface area (Å²) < 4.78 is 0. The summed E-state index contributed by atoms with van der Waals surface area (Å²) in [4.78, 5) is 12.2. The first-order valence-electron chi connectivity index (χ1n) is 7.31. The largest absolute Gasteiger partial charge is 0.349 e. The number of carbonyl (C=O) groups is 1. The molecule has 19 heavy (non-hydrogen) atoms. The van der Waals surface area contributed by atoms with Gasteiger partial charge in [-0.25, -0.2) is 0 Å². The number of unbranched alkanes of at least 4 members (excludes halogenated alkanes) is 1. The lowest BCUT2D eigenvalue weighted by Crippen LogP contribution is -2.34. The Morgan fingerprint density at radius 2 is 1.84 bits per heavy atom. The number of nitrogens with two attached hydrogens (primary N) is 1. The van der Waals surface area contributed by atoms with Crippen LogP contribution in [-0.2, 0) is 6.54 Å². The first-order valence-corrected chi connectivity index (χ1v) is 7.31. The molecule has 0 aliphatic rings. The minimum Gasteiger partial charge on any atom is -0.349 e. The molecule has 1 atom stereocenters. The van der Waals surface area contributed by atoms with Crippen LogP contribution in [0.4, 0.5) is 0 Å². The molecule has 3 nitrogen and oxygen atoms in total. The van der Waals surface area contributed by atoms with Gasteiger partial charge in [0.25, 0.3) is 5.91 Å². The second kappa shape index (κ2) is 8.70. The third-order valence-electron chi connectivity index (χ3n) is 3.33. The van der Waals surface area contributed by atoms with Gasteiger partial charge in [-0.3, -0.25) is 4.79 Å². The van der Waals surface area contributed by atoms with E-state index in [4.69, 9.17) is 5.73 Å². The molecular formula is C16H26N2O. The van der Waals surface area contributed by atoms with E-state index in [1.54, 1.807) is 0 Å². The van der Waals surface area contributed by atoms with Crippen LogP contribution in [0, 0.1) is 0 Å². The van der Waals surface area contributed by atoms with Crippen molar-refractivity contribution in [3.63, 3.8) is 0 Å². The number of benzene rings is 1. The maximum Gasteiger partial charge on any atom is 0.251 e. The van der Waals surface area contributed by atoms with E-state index in [0.717, 1.165) is 36.8 Å². The standard InChI is InChI=1S/C16H26N2O/c1-3-5-7-15(6-4-2)18-16(19)14-10-8-13(12-17)9-11-14/h8-11,15H,3-7,12,17H2,1-2H3,(H,18,19). The Bertz CT molecular complexity index is 373. The Hall–Kier alpha value is -1.35. The van der Waals surface area contributed by atoms with E-state index in [1.807, 2.05) is 24.3 Å². The molecule has 1 amide bonds. The van der Waals surface area contributed by atoms with Crippen LogP contribution in [0.2, 0.25) is 0 Å². The number of hydrogen-bond donors (Lipinski definition) is 2. The lowest BCUT2D eigenvalue weighted by atomic mass is 10.0. The molecule has 0 spiro atoms. The second-order valence-electron chi connectivity index (χ2n) is 5.00. The zero-order chi connectivity index (χ0) is 14.1. The van der Waals surface area contributed by atoms with Crippen molar-refractivity contribution < 1.29 is 4.79 Å². The van der Waals surface area contributed by atoms with Crippen molar-refractivity contribution in [2.45, 2.75) is 58.5 Å². The second-order valence-corrected chi connectivity index (χ2v) is 5.00. The highest BCUT2D eigenvalue weighted by molar-refractivity contribution is 5.94. The molecule has 0 saturated carbocycles. The van der Waals surface area contributed by atoms with Gasteiger partial charge in [-0.2, -0.15) is 0 Å². The Morgan fingerprint density at radius 1 is 1.16 bits per heavy atom. The van der Waals surface area contributed by atoms with Crippen molar-refractivity contribution in [2.24, 2.45) is 5.73 Å². The maximum atomic E-state index is 12.2. The van der Waals surface area contributed by atoms with E-state index in [2.05, 4.69) is 19.2 Å². The molecule has 1 unspecified atom stereocenters. The normalized spacial score (nSPS) is 12.2. The van der Waals surface area contributed by atoms with Crippen LogP contribution in [0.3, 0.4) is 0 Å². The van der Waals surface area contributed by atoms with Gasteiger partial charge in [0.05, 0.1) is 0 Å². The van der Waals surface area contributed by atoms with Gasteiger partial charge in [-0.15, -0.1) is 0 Å². The van der Waals surface area contributed by atoms with E-state index >= 15 is 0 Å². The smallest absolute Gasteiger partial charge is 0.251 e. The molecule has 0 aromatic heterocycles. The average molecular weight is 262 g/mol. The first-order chi connectivity index (χ1) is 9.21. The molecule has 0 aliphatic heterocycles. The molecule has 1 rings (SSSR count). The summed E-state index contributed by atoms with van der Waals surface area (Å²) in [5, 5.41) is 3.14. The van der Waals surface area contributed by atoms with E-state index in [1.165, 1.54) is 6.42 Å². The van der Waals surface area contributed by atoms with E-state index < -0.39 is 0 Å². The summed E-state index contributed by atoms with van der Waals surface area (Å²) in [6.45, 7) is 4.84. The Labute approximate surface area is 116 Å². The fourth-order valence-electron chi connectivity index (χ4n) is 2.15. The molecule has 1 aromatic carbocycles. The highest BCUT2D eigenvalue weighted by Crippen LogP contribution is 2.09. The van der Waals surface area contributed by atoms with Crippen molar-refractivity contribution in [1.82, 2.24) is 5.32 Å². The number of amides is 1. The molecule has 0 radical (unpaired) electrons. The van der Waals surface area contributed by atoms with Crippen molar-refractivity contribution in [3.05, 3.63) is 35.4 Å². The molecule has 0 aliphatic carbocycles. The molecule has 3 N–H and O–H groups in total. The summed E-state index contributed by atoms with van der Waals surface area (Å²) in [7, 11) is 0. The topological polar surface area (TPSA) is 55.1 Å². The molecular weight excluding hydrogens is 236 g/mol.